The second kappa shape index (κ2) is 8.14. The summed E-state index contributed by atoms with van der Waals surface area (Å²) in [6, 6.07) is 7.75. The lowest BCUT2D eigenvalue weighted by Gasteiger charge is -2.32. The Morgan fingerprint density at radius 3 is 2.28 bits per heavy atom. The Hall–Kier alpha value is -1.67. The third-order valence-electron chi connectivity index (χ3n) is 4.04. The van der Waals surface area contributed by atoms with Crippen molar-refractivity contribution in [3.8, 4) is 0 Å². The average Bonchev–Trinajstić information content (AvgIpc) is 2.78. The predicted octanol–water partition coefficient (Wildman–Crippen LogP) is 0.905. The molecule has 0 saturated carbocycles. The first-order valence-electron chi connectivity index (χ1n) is 8.34. The van der Waals surface area contributed by atoms with Crippen LogP contribution in [0.3, 0.4) is 0 Å². The number of rotatable bonds is 5. The number of hydrogen-bond acceptors (Lipinski definition) is 6. The first kappa shape index (κ1) is 19.7. The summed E-state index contributed by atoms with van der Waals surface area (Å²) in [4.78, 5) is 13.7. The van der Waals surface area contributed by atoms with Crippen molar-refractivity contribution in [1.82, 2.24) is 4.90 Å². The Balaban J connectivity index is 2.07. The largest absolute Gasteiger partial charge is 0.444 e. The van der Waals surface area contributed by atoms with Crippen LogP contribution in [-0.2, 0) is 16.1 Å². The van der Waals surface area contributed by atoms with Crippen LogP contribution in [0.2, 0.25) is 0 Å². The molecule has 1 fully saturated rings. The van der Waals surface area contributed by atoms with Gasteiger partial charge in [0.15, 0.2) is 0 Å². The van der Waals surface area contributed by atoms with Crippen LogP contribution in [0.1, 0.15) is 26.3 Å². The van der Waals surface area contributed by atoms with Gasteiger partial charge in [-0.3, -0.25) is 4.90 Å². The second-order valence-corrected chi connectivity index (χ2v) is 7.19. The third-order valence-corrected chi connectivity index (χ3v) is 4.04. The van der Waals surface area contributed by atoms with Gasteiger partial charge < -0.3 is 24.8 Å². The molecule has 3 N–H and O–H groups in total. The molecule has 1 aliphatic rings. The average molecular weight is 353 g/mol. The zero-order valence-electron chi connectivity index (χ0n) is 14.8. The van der Waals surface area contributed by atoms with Crippen LogP contribution in [0.4, 0.5) is 4.79 Å². The van der Waals surface area contributed by atoms with E-state index in [4.69, 9.17) is 9.47 Å². The lowest BCUT2D eigenvalue weighted by atomic mass is 10.1. The lowest BCUT2D eigenvalue weighted by molar-refractivity contribution is -0.0179. The van der Waals surface area contributed by atoms with Gasteiger partial charge in [0.2, 0.25) is 0 Å². The highest BCUT2D eigenvalue weighted by atomic mass is 16.6. The summed E-state index contributed by atoms with van der Waals surface area (Å²) in [7, 11) is 0. The number of nitrogens with zero attached hydrogens (tertiary/aromatic N) is 1. The molecular formula is C18H27NO6. The van der Waals surface area contributed by atoms with Gasteiger partial charge in [0.1, 0.15) is 17.8 Å². The van der Waals surface area contributed by atoms with E-state index >= 15 is 0 Å². The first-order chi connectivity index (χ1) is 11.7. The topological polar surface area (TPSA) is 99.5 Å². The van der Waals surface area contributed by atoms with E-state index in [0.717, 1.165) is 5.56 Å². The standard InChI is InChI=1S/C18H27NO6/c1-18(2,3)25-17(23)19-13(9-20)15(21)16(22)14(19)11-24-10-12-7-5-4-6-8-12/h4-8,13-16,20-22H,9-11H2,1-3H3/t13-,14+,15+,16+/m0/s1. The molecule has 0 radical (unpaired) electrons. The van der Waals surface area contributed by atoms with Crippen LogP contribution >= 0.6 is 0 Å². The quantitative estimate of drug-likeness (QED) is 0.728. The molecule has 25 heavy (non-hydrogen) atoms. The normalized spacial score (nSPS) is 26.7. The van der Waals surface area contributed by atoms with Gasteiger partial charge in [-0.2, -0.15) is 0 Å². The van der Waals surface area contributed by atoms with Gasteiger partial charge in [-0.1, -0.05) is 30.3 Å². The van der Waals surface area contributed by atoms with Crippen LogP contribution in [0.5, 0.6) is 0 Å². The Kier molecular flexibility index (Phi) is 6.40. The fraction of sp³-hybridized carbons (Fsp3) is 0.611. The number of benzene rings is 1. The molecule has 7 heteroatoms. The highest BCUT2D eigenvalue weighted by Crippen LogP contribution is 2.28. The van der Waals surface area contributed by atoms with Crippen molar-refractivity contribution in [2.75, 3.05) is 13.2 Å². The Morgan fingerprint density at radius 1 is 1.12 bits per heavy atom. The predicted molar refractivity (Wildman–Crippen MR) is 90.8 cm³/mol. The minimum Gasteiger partial charge on any atom is -0.444 e. The molecule has 1 saturated heterocycles. The van der Waals surface area contributed by atoms with Gasteiger partial charge in [-0.05, 0) is 26.3 Å². The van der Waals surface area contributed by atoms with E-state index in [-0.39, 0.29) is 6.61 Å². The van der Waals surface area contributed by atoms with Gasteiger partial charge in [0, 0.05) is 0 Å². The number of amides is 1. The summed E-state index contributed by atoms with van der Waals surface area (Å²) in [5.74, 6) is 0. The van der Waals surface area contributed by atoms with E-state index in [1.807, 2.05) is 30.3 Å². The molecule has 0 unspecified atom stereocenters. The van der Waals surface area contributed by atoms with Gasteiger partial charge in [0.25, 0.3) is 0 Å². The maximum Gasteiger partial charge on any atom is 0.411 e. The summed E-state index contributed by atoms with van der Waals surface area (Å²) in [5, 5.41) is 30.0. The number of hydrogen-bond donors (Lipinski definition) is 3. The highest BCUT2D eigenvalue weighted by Gasteiger charge is 2.50. The van der Waals surface area contributed by atoms with E-state index in [2.05, 4.69) is 0 Å². The monoisotopic (exact) mass is 353 g/mol. The van der Waals surface area contributed by atoms with Crippen molar-refractivity contribution in [1.29, 1.82) is 0 Å². The highest BCUT2D eigenvalue weighted by molar-refractivity contribution is 5.70. The zero-order chi connectivity index (χ0) is 18.6. The molecule has 4 atom stereocenters. The van der Waals surface area contributed by atoms with E-state index in [9.17, 15) is 20.1 Å². The number of aliphatic hydroxyl groups is 3. The summed E-state index contributed by atoms with van der Waals surface area (Å²) in [6.45, 7) is 5.02. The first-order valence-corrected chi connectivity index (χ1v) is 8.34. The molecule has 1 amide bonds. The molecule has 1 aliphatic heterocycles. The molecule has 0 aliphatic carbocycles. The van der Waals surface area contributed by atoms with Gasteiger partial charge >= 0.3 is 6.09 Å². The zero-order valence-corrected chi connectivity index (χ0v) is 14.8. The maximum absolute atomic E-state index is 12.5. The van der Waals surface area contributed by atoms with Crippen molar-refractivity contribution < 1.29 is 29.6 Å². The van der Waals surface area contributed by atoms with Crippen molar-refractivity contribution in [3.63, 3.8) is 0 Å². The minimum atomic E-state index is -1.26. The second-order valence-electron chi connectivity index (χ2n) is 7.19. The number of likely N-dealkylation sites (tertiary alicyclic amines) is 1. The Morgan fingerprint density at radius 2 is 1.72 bits per heavy atom. The maximum atomic E-state index is 12.5. The molecule has 1 heterocycles. The van der Waals surface area contributed by atoms with Crippen LogP contribution in [-0.4, -0.2) is 69.4 Å². The van der Waals surface area contributed by atoms with E-state index in [0.29, 0.717) is 6.61 Å². The Bertz CT molecular complexity index is 558. The smallest absolute Gasteiger partial charge is 0.411 e. The summed E-state index contributed by atoms with van der Waals surface area (Å²) < 4.78 is 11.0. The lowest BCUT2D eigenvalue weighted by Crippen LogP contribution is -2.49. The SMILES string of the molecule is CC(C)(C)OC(=O)N1[C@H](COCc2ccccc2)[C@@H](O)[C@H](O)[C@@H]1CO. The van der Waals surface area contributed by atoms with Gasteiger partial charge in [-0.15, -0.1) is 0 Å². The van der Waals surface area contributed by atoms with Gasteiger partial charge in [0.05, 0.1) is 31.9 Å². The molecule has 0 spiro atoms. The third kappa shape index (κ3) is 4.92. The Labute approximate surface area is 147 Å². The number of carbonyl (C=O) groups is 1. The van der Waals surface area contributed by atoms with Crippen molar-refractivity contribution in [2.45, 2.75) is 57.3 Å². The molecule has 1 aromatic carbocycles. The van der Waals surface area contributed by atoms with Crippen molar-refractivity contribution in [3.05, 3.63) is 35.9 Å². The van der Waals surface area contributed by atoms with E-state index in [1.165, 1.54) is 4.90 Å². The summed E-state index contributed by atoms with van der Waals surface area (Å²) >= 11 is 0. The molecule has 0 aromatic heterocycles. The fourth-order valence-corrected chi connectivity index (χ4v) is 2.86. The molecule has 140 valence electrons. The number of ether oxygens (including phenoxy) is 2. The van der Waals surface area contributed by atoms with E-state index < -0.39 is 42.6 Å². The van der Waals surface area contributed by atoms with Crippen LogP contribution in [0, 0.1) is 0 Å². The molecule has 7 nitrogen and oxygen atoms in total. The summed E-state index contributed by atoms with van der Waals surface area (Å²) in [5.41, 5.74) is 0.225. The molecular weight excluding hydrogens is 326 g/mol. The van der Waals surface area contributed by atoms with Crippen LogP contribution in [0.25, 0.3) is 0 Å². The molecule has 2 rings (SSSR count). The number of aliphatic hydroxyl groups excluding tert-OH is 3. The van der Waals surface area contributed by atoms with Crippen molar-refractivity contribution in [2.24, 2.45) is 0 Å². The molecule has 1 aromatic rings. The molecule has 0 bridgehead atoms. The van der Waals surface area contributed by atoms with Crippen LogP contribution < -0.4 is 0 Å². The number of carbonyl (C=O) groups excluding carboxylic acids is 1. The summed E-state index contributed by atoms with van der Waals surface area (Å²) in [6.07, 6.45) is -3.18. The fourth-order valence-electron chi connectivity index (χ4n) is 2.86. The van der Waals surface area contributed by atoms with Crippen molar-refractivity contribution >= 4 is 6.09 Å². The van der Waals surface area contributed by atoms with E-state index in [1.54, 1.807) is 20.8 Å². The minimum absolute atomic E-state index is 0.0167. The van der Waals surface area contributed by atoms with Crippen LogP contribution in [0.15, 0.2) is 30.3 Å². The van der Waals surface area contributed by atoms with Gasteiger partial charge in [-0.25, -0.2) is 4.79 Å².